The van der Waals surface area contributed by atoms with E-state index in [2.05, 4.69) is 23.2 Å². The molecule has 5 heteroatoms. The first kappa shape index (κ1) is 16.8. The van der Waals surface area contributed by atoms with Gasteiger partial charge >= 0.3 is 6.09 Å². The third-order valence-electron chi connectivity index (χ3n) is 3.92. The summed E-state index contributed by atoms with van der Waals surface area (Å²) >= 11 is 6.27. The largest absolute Gasteiger partial charge is 0.444 e. The Hall–Kier alpha value is -2.07. The van der Waals surface area contributed by atoms with Crippen LogP contribution in [0.1, 0.15) is 32.8 Å². The van der Waals surface area contributed by atoms with E-state index in [4.69, 9.17) is 16.3 Å². The summed E-state index contributed by atoms with van der Waals surface area (Å²) in [5.74, 6) is 0. The fourth-order valence-electron chi connectivity index (χ4n) is 2.74. The van der Waals surface area contributed by atoms with Gasteiger partial charge in [0, 0.05) is 24.7 Å². The molecule has 0 bridgehead atoms. The number of nitrogens with zero attached hydrogens (tertiary/aromatic N) is 2. The summed E-state index contributed by atoms with van der Waals surface area (Å²) in [7, 11) is 0. The molecule has 1 aromatic heterocycles. The van der Waals surface area contributed by atoms with Crippen LogP contribution in [0.4, 0.5) is 4.79 Å². The Kier molecular flexibility index (Phi) is 4.50. The third kappa shape index (κ3) is 3.70. The van der Waals surface area contributed by atoms with Crippen LogP contribution in [0.5, 0.6) is 0 Å². The number of aromatic nitrogens is 1. The van der Waals surface area contributed by atoms with E-state index in [1.165, 1.54) is 5.57 Å². The minimum absolute atomic E-state index is 0.261. The van der Waals surface area contributed by atoms with Crippen LogP contribution in [0.25, 0.3) is 16.5 Å². The number of rotatable bonds is 1. The van der Waals surface area contributed by atoms with Gasteiger partial charge in [-0.25, -0.2) is 4.79 Å². The van der Waals surface area contributed by atoms with Gasteiger partial charge in [0.15, 0.2) is 0 Å². The van der Waals surface area contributed by atoms with Crippen molar-refractivity contribution in [2.45, 2.75) is 32.8 Å². The van der Waals surface area contributed by atoms with E-state index in [9.17, 15) is 4.79 Å². The lowest BCUT2D eigenvalue weighted by molar-refractivity contribution is 0.0270. The molecule has 0 N–H and O–H groups in total. The number of hydrogen-bond acceptors (Lipinski definition) is 3. The third-order valence-corrected chi connectivity index (χ3v) is 4.25. The van der Waals surface area contributed by atoms with Crippen molar-refractivity contribution in [3.05, 3.63) is 47.1 Å². The van der Waals surface area contributed by atoms with E-state index in [1.54, 1.807) is 17.2 Å². The normalized spacial score (nSPS) is 15.3. The van der Waals surface area contributed by atoms with Crippen molar-refractivity contribution in [2.75, 3.05) is 13.1 Å². The molecule has 1 aliphatic rings. The minimum Gasteiger partial charge on any atom is -0.444 e. The molecule has 1 aliphatic heterocycles. The van der Waals surface area contributed by atoms with Gasteiger partial charge in [0.1, 0.15) is 5.60 Å². The molecule has 0 spiro atoms. The molecule has 4 nitrogen and oxygen atoms in total. The van der Waals surface area contributed by atoms with Crippen molar-refractivity contribution in [1.29, 1.82) is 0 Å². The summed E-state index contributed by atoms with van der Waals surface area (Å²) in [5.41, 5.74) is 2.76. The average molecular weight is 345 g/mol. The van der Waals surface area contributed by atoms with Crippen LogP contribution in [0.2, 0.25) is 5.02 Å². The van der Waals surface area contributed by atoms with Crippen molar-refractivity contribution in [3.8, 4) is 0 Å². The fraction of sp³-hybridized carbons (Fsp3) is 0.368. The Morgan fingerprint density at radius 1 is 1.29 bits per heavy atom. The molecule has 0 saturated carbocycles. The maximum Gasteiger partial charge on any atom is 0.410 e. The highest BCUT2D eigenvalue weighted by atomic mass is 35.5. The number of halogens is 1. The van der Waals surface area contributed by atoms with Gasteiger partial charge < -0.3 is 9.64 Å². The first-order chi connectivity index (χ1) is 11.3. The van der Waals surface area contributed by atoms with Crippen molar-refractivity contribution in [3.63, 3.8) is 0 Å². The molecule has 0 aliphatic carbocycles. The summed E-state index contributed by atoms with van der Waals surface area (Å²) < 4.78 is 5.42. The second-order valence-electron chi connectivity index (χ2n) is 6.93. The number of benzene rings is 1. The molecule has 24 heavy (non-hydrogen) atoms. The summed E-state index contributed by atoms with van der Waals surface area (Å²) in [6.07, 6.45) is 4.33. The molecule has 2 heterocycles. The Morgan fingerprint density at radius 2 is 2.08 bits per heavy atom. The number of fused-ring (bicyclic) bond motifs is 1. The zero-order valence-corrected chi connectivity index (χ0v) is 14.9. The van der Waals surface area contributed by atoms with E-state index >= 15 is 0 Å². The summed E-state index contributed by atoms with van der Waals surface area (Å²) in [4.78, 5) is 18.2. The van der Waals surface area contributed by atoms with Gasteiger partial charge in [-0.15, -0.1) is 0 Å². The summed E-state index contributed by atoms with van der Waals surface area (Å²) in [6, 6.07) is 7.91. The standard InChI is InChI=1S/C19H21ClN2O2/c1-19(2,3)24-18(23)22-10-7-13(8-11-22)14-4-5-17-15(12-14)16(20)6-9-21-17/h4-7,9,12H,8,10-11H2,1-3H3. The maximum absolute atomic E-state index is 12.1. The average Bonchev–Trinajstić information content (AvgIpc) is 2.53. The van der Waals surface area contributed by atoms with E-state index in [1.807, 2.05) is 26.8 Å². The molecule has 0 atom stereocenters. The Morgan fingerprint density at radius 3 is 2.75 bits per heavy atom. The van der Waals surface area contributed by atoms with Gasteiger partial charge in [-0.3, -0.25) is 4.98 Å². The van der Waals surface area contributed by atoms with Gasteiger partial charge in [0.05, 0.1) is 10.5 Å². The zero-order valence-electron chi connectivity index (χ0n) is 14.2. The van der Waals surface area contributed by atoms with Gasteiger partial charge in [-0.05, 0) is 56.5 Å². The van der Waals surface area contributed by atoms with Gasteiger partial charge in [-0.1, -0.05) is 23.7 Å². The molecule has 0 radical (unpaired) electrons. The van der Waals surface area contributed by atoms with Crippen molar-refractivity contribution >= 4 is 34.2 Å². The lowest BCUT2D eigenvalue weighted by Gasteiger charge is -2.29. The van der Waals surface area contributed by atoms with Crippen LogP contribution in [0.3, 0.4) is 0 Å². The molecule has 0 fully saturated rings. The molecule has 126 valence electrons. The van der Waals surface area contributed by atoms with E-state index < -0.39 is 5.60 Å². The number of amides is 1. The van der Waals surface area contributed by atoms with E-state index in [0.717, 1.165) is 22.9 Å². The Bertz CT molecular complexity index is 809. The van der Waals surface area contributed by atoms with Crippen LogP contribution in [0, 0.1) is 0 Å². The van der Waals surface area contributed by atoms with E-state index in [-0.39, 0.29) is 6.09 Å². The fourth-order valence-corrected chi connectivity index (χ4v) is 2.94. The second kappa shape index (κ2) is 6.44. The minimum atomic E-state index is -0.469. The summed E-state index contributed by atoms with van der Waals surface area (Å²) in [6.45, 7) is 6.84. The highest BCUT2D eigenvalue weighted by Gasteiger charge is 2.23. The van der Waals surface area contributed by atoms with Gasteiger partial charge in [0.2, 0.25) is 0 Å². The number of carbonyl (C=O) groups is 1. The number of pyridine rings is 1. The van der Waals surface area contributed by atoms with E-state index in [0.29, 0.717) is 18.1 Å². The lowest BCUT2D eigenvalue weighted by atomic mass is 9.98. The van der Waals surface area contributed by atoms with Crippen molar-refractivity contribution < 1.29 is 9.53 Å². The molecule has 0 saturated heterocycles. The first-order valence-corrected chi connectivity index (χ1v) is 8.43. The SMILES string of the molecule is CC(C)(C)OC(=O)N1CC=C(c2ccc3nccc(Cl)c3c2)CC1. The lowest BCUT2D eigenvalue weighted by Crippen LogP contribution is -2.39. The number of ether oxygens (including phenoxy) is 1. The van der Waals surface area contributed by atoms with Crippen molar-refractivity contribution in [1.82, 2.24) is 9.88 Å². The smallest absolute Gasteiger partial charge is 0.410 e. The molecular weight excluding hydrogens is 324 g/mol. The number of hydrogen-bond donors (Lipinski definition) is 0. The zero-order chi connectivity index (χ0) is 17.3. The molecule has 1 amide bonds. The predicted octanol–water partition coefficient (Wildman–Crippen LogP) is 4.91. The maximum atomic E-state index is 12.1. The Balaban J connectivity index is 1.78. The van der Waals surface area contributed by atoms with Crippen LogP contribution in [-0.4, -0.2) is 34.7 Å². The molecule has 0 unspecified atom stereocenters. The number of carbonyl (C=O) groups excluding carboxylic acids is 1. The highest BCUT2D eigenvalue weighted by Crippen LogP contribution is 2.28. The van der Waals surface area contributed by atoms with Crippen molar-refractivity contribution in [2.24, 2.45) is 0 Å². The quantitative estimate of drug-likeness (QED) is 0.738. The molecular formula is C19H21ClN2O2. The van der Waals surface area contributed by atoms with Crippen LogP contribution in [0.15, 0.2) is 36.5 Å². The second-order valence-corrected chi connectivity index (χ2v) is 7.34. The summed E-state index contributed by atoms with van der Waals surface area (Å²) in [5, 5.41) is 1.65. The molecule has 2 aromatic rings. The van der Waals surface area contributed by atoms with Crippen LogP contribution in [-0.2, 0) is 4.74 Å². The predicted molar refractivity (Wildman–Crippen MR) is 97.2 cm³/mol. The van der Waals surface area contributed by atoms with Crippen LogP contribution < -0.4 is 0 Å². The topological polar surface area (TPSA) is 42.4 Å². The Labute approximate surface area is 147 Å². The molecule has 3 rings (SSSR count). The van der Waals surface area contributed by atoms with Gasteiger partial charge in [-0.2, -0.15) is 0 Å². The monoisotopic (exact) mass is 344 g/mol. The molecule has 1 aromatic carbocycles. The van der Waals surface area contributed by atoms with Crippen LogP contribution >= 0.6 is 11.6 Å². The van der Waals surface area contributed by atoms with Gasteiger partial charge in [0.25, 0.3) is 0 Å². The highest BCUT2D eigenvalue weighted by molar-refractivity contribution is 6.35. The first-order valence-electron chi connectivity index (χ1n) is 8.05.